The lowest BCUT2D eigenvalue weighted by Crippen LogP contribution is -2.30. The van der Waals surface area contributed by atoms with Crippen molar-refractivity contribution in [1.29, 1.82) is 0 Å². The van der Waals surface area contributed by atoms with Crippen LogP contribution in [0.2, 0.25) is 0 Å². The fourth-order valence-corrected chi connectivity index (χ4v) is 3.46. The Balaban J connectivity index is 1.33. The van der Waals surface area contributed by atoms with Crippen molar-refractivity contribution in [3.05, 3.63) is 65.2 Å². The predicted octanol–water partition coefficient (Wildman–Crippen LogP) is 3.13. The molecule has 0 fully saturated rings. The van der Waals surface area contributed by atoms with E-state index in [2.05, 4.69) is 10.3 Å². The molecular weight excluding hydrogens is 348 g/mol. The Morgan fingerprint density at radius 1 is 1.00 bits per heavy atom. The lowest BCUT2D eigenvalue weighted by molar-refractivity contribution is -0.148. The molecule has 2 aromatic carbocycles. The van der Waals surface area contributed by atoms with Gasteiger partial charge in [0.25, 0.3) is 5.91 Å². The second-order valence-corrected chi connectivity index (χ2v) is 6.94. The molecule has 1 aromatic heterocycles. The number of thiazole rings is 1. The van der Waals surface area contributed by atoms with Gasteiger partial charge < -0.3 is 10.1 Å². The number of para-hydroxylation sites is 1. The minimum absolute atomic E-state index is 0.219. The third-order valence-electron chi connectivity index (χ3n) is 3.82. The molecule has 6 heteroatoms. The molecule has 0 aliphatic carbocycles. The average Bonchev–Trinajstić information content (AvgIpc) is 3.08. The van der Waals surface area contributed by atoms with E-state index >= 15 is 0 Å². The van der Waals surface area contributed by atoms with Gasteiger partial charge in [-0.2, -0.15) is 0 Å². The van der Waals surface area contributed by atoms with E-state index in [1.807, 2.05) is 54.6 Å². The lowest BCUT2D eigenvalue weighted by atomic mass is 10.1. The van der Waals surface area contributed by atoms with Gasteiger partial charge in [0.05, 0.1) is 21.6 Å². The highest BCUT2D eigenvalue weighted by Crippen LogP contribution is 2.22. The van der Waals surface area contributed by atoms with Crippen molar-refractivity contribution in [2.24, 2.45) is 0 Å². The Hall–Kier alpha value is -2.73. The minimum atomic E-state index is -0.387. The van der Waals surface area contributed by atoms with Crippen LogP contribution in [0.3, 0.4) is 0 Å². The van der Waals surface area contributed by atoms with Gasteiger partial charge in [-0.3, -0.25) is 9.59 Å². The number of esters is 1. The van der Waals surface area contributed by atoms with E-state index < -0.39 is 0 Å². The number of carbonyl (C=O) groups is 2. The van der Waals surface area contributed by atoms with Crippen LogP contribution in [0.25, 0.3) is 10.2 Å². The summed E-state index contributed by atoms with van der Waals surface area (Å²) in [7, 11) is 0. The Bertz CT molecular complexity index is 844. The quantitative estimate of drug-likeness (QED) is 0.620. The highest BCUT2D eigenvalue weighted by molar-refractivity contribution is 7.18. The summed E-state index contributed by atoms with van der Waals surface area (Å²) in [6.45, 7) is 0.277. The molecule has 0 radical (unpaired) electrons. The Kier molecular flexibility index (Phi) is 6.33. The SMILES string of the molecule is O=C(COC(=O)CCc1nc2ccccc2s1)NCCc1ccccc1. The molecule has 0 aliphatic heterocycles. The lowest BCUT2D eigenvalue weighted by Gasteiger charge is -2.06. The zero-order valence-corrected chi connectivity index (χ0v) is 15.1. The Morgan fingerprint density at radius 3 is 2.58 bits per heavy atom. The zero-order chi connectivity index (χ0) is 18.2. The first kappa shape index (κ1) is 18.1. The van der Waals surface area contributed by atoms with Crippen molar-refractivity contribution in [2.75, 3.05) is 13.2 Å². The summed E-state index contributed by atoms with van der Waals surface area (Å²) in [5.41, 5.74) is 2.10. The second-order valence-electron chi connectivity index (χ2n) is 5.82. The number of ether oxygens (including phenoxy) is 1. The number of aryl methyl sites for hydroxylation is 1. The number of nitrogens with one attached hydrogen (secondary N) is 1. The maximum Gasteiger partial charge on any atom is 0.306 e. The highest BCUT2D eigenvalue weighted by atomic mass is 32.1. The molecule has 0 saturated heterocycles. The first-order chi connectivity index (χ1) is 12.7. The molecule has 0 unspecified atom stereocenters. The normalized spacial score (nSPS) is 10.6. The summed E-state index contributed by atoms with van der Waals surface area (Å²) in [5, 5.41) is 3.65. The van der Waals surface area contributed by atoms with Crippen molar-refractivity contribution in [1.82, 2.24) is 10.3 Å². The summed E-state index contributed by atoms with van der Waals surface area (Å²) < 4.78 is 6.13. The molecule has 1 heterocycles. The monoisotopic (exact) mass is 368 g/mol. The van der Waals surface area contributed by atoms with E-state index in [0.717, 1.165) is 27.2 Å². The Morgan fingerprint density at radius 2 is 1.77 bits per heavy atom. The topological polar surface area (TPSA) is 68.3 Å². The van der Waals surface area contributed by atoms with E-state index in [9.17, 15) is 9.59 Å². The number of carbonyl (C=O) groups excluding carboxylic acids is 2. The van der Waals surface area contributed by atoms with Gasteiger partial charge in [0.2, 0.25) is 0 Å². The van der Waals surface area contributed by atoms with Crippen molar-refractivity contribution >= 4 is 33.4 Å². The van der Waals surface area contributed by atoms with E-state index in [0.29, 0.717) is 13.0 Å². The fraction of sp³-hybridized carbons (Fsp3) is 0.250. The Labute approximate surface area is 156 Å². The second kappa shape index (κ2) is 9.10. The van der Waals surface area contributed by atoms with Crippen LogP contribution in [0.4, 0.5) is 0 Å². The number of benzene rings is 2. The molecule has 0 spiro atoms. The molecular formula is C20H20N2O3S. The number of fused-ring (bicyclic) bond motifs is 1. The molecule has 3 rings (SSSR count). The molecule has 0 bridgehead atoms. The van der Waals surface area contributed by atoms with Crippen molar-refractivity contribution in [2.45, 2.75) is 19.3 Å². The average molecular weight is 368 g/mol. The van der Waals surface area contributed by atoms with Gasteiger partial charge >= 0.3 is 5.97 Å². The van der Waals surface area contributed by atoms with Crippen LogP contribution in [-0.4, -0.2) is 30.0 Å². The van der Waals surface area contributed by atoms with E-state index in [1.54, 1.807) is 11.3 Å². The smallest absolute Gasteiger partial charge is 0.306 e. The maximum absolute atomic E-state index is 11.8. The van der Waals surface area contributed by atoms with Gasteiger partial charge in [-0.1, -0.05) is 42.5 Å². The van der Waals surface area contributed by atoms with Gasteiger partial charge in [0, 0.05) is 13.0 Å². The minimum Gasteiger partial charge on any atom is -0.456 e. The maximum atomic E-state index is 11.8. The molecule has 1 amide bonds. The zero-order valence-electron chi connectivity index (χ0n) is 14.3. The van der Waals surface area contributed by atoms with E-state index in [1.165, 1.54) is 0 Å². The predicted molar refractivity (Wildman–Crippen MR) is 102 cm³/mol. The molecule has 3 aromatic rings. The molecule has 134 valence electrons. The highest BCUT2D eigenvalue weighted by Gasteiger charge is 2.10. The summed E-state index contributed by atoms with van der Waals surface area (Å²) in [6.07, 6.45) is 1.49. The van der Waals surface area contributed by atoms with Crippen LogP contribution in [0.15, 0.2) is 54.6 Å². The van der Waals surface area contributed by atoms with E-state index in [-0.39, 0.29) is 24.9 Å². The van der Waals surface area contributed by atoms with Crippen LogP contribution in [0, 0.1) is 0 Å². The molecule has 1 N–H and O–H groups in total. The van der Waals surface area contributed by atoms with Crippen LogP contribution in [-0.2, 0) is 27.2 Å². The summed E-state index contributed by atoms with van der Waals surface area (Å²) in [4.78, 5) is 28.0. The number of hydrogen-bond acceptors (Lipinski definition) is 5. The van der Waals surface area contributed by atoms with Gasteiger partial charge in [-0.05, 0) is 24.1 Å². The number of nitrogens with zero attached hydrogens (tertiary/aromatic N) is 1. The van der Waals surface area contributed by atoms with Crippen molar-refractivity contribution in [3.63, 3.8) is 0 Å². The first-order valence-corrected chi connectivity index (χ1v) is 9.33. The van der Waals surface area contributed by atoms with Gasteiger partial charge in [-0.15, -0.1) is 11.3 Å². The fourth-order valence-electron chi connectivity index (χ4n) is 2.50. The van der Waals surface area contributed by atoms with Gasteiger partial charge in [-0.25, -0.2) is 4.98 Å². The number of aromatic nitrogens is 1. The van der Waals surface area contributed by atoms with Crippen molar-refractivity contribution < 1.29 is 14.3 Å². The summed E-state index contributed by atoms with van der Waals surface area (Å²) in [5.74, 6) is -0.670. The standard InChI is InChI=1S/C20H20N2O3S/c23-18(21-13-12-15-6-2-1-3-7-15)14-25-20(24)11-10-19-22-16-8-4-5-9-17(16)26-19/h1-9H,10-14H2,(H,21,23). The number of hydrogen-bond donors (Lipinski definition) is 1. The summed E-state index contributed by atoms with van der Waals surface area (Å²) >= 11 is 1.57. The molecule has 0 atom stereocenters. The van der Waals surface area contributed by atoms with E-state index in [4.69, 9.17) is 4.74 Å². The molecule has 0 aliphatic rings. The third-order valence-corrected chi connectivity index (χ3v) is 4.92. The number of rotatable bonds is 8. The summed E-state index contributed by atoms with van der Waals surface area (Å²) in [6, 6.07) is 17.8. The van der Waals surface area contributed by atoms with Crippen LogP contribution in [0.1, 0.15) is 17.0 Å². The van der Waals surface area contributed by atoms with Crippen molar-refractivity contribution in [3.8, 4) is 0 Å². The largest absolute Gasteiger partial charge is 0.456 e. The molecule has 26 heavy (non-hydrogen) atoms. The van der Waals surface area contributed by atoms with Crippen LogP contribution in [0.5, 0.6) is 0 Å². The van der Waals surface area contributed by atoms with Gasteiger partial charge in [0.15, 0.2) is 6.61 Å². The third kappa shape index (κ3) is 5.39. The van der Waals surface area contributed by atoms with Gasteiger partial charge in [0.1, 0.15) is 0 Å². The van der Waals surface area contributed by atoms with Crippen LogP contribution < -0.4 is 5.32 Å². The first-order valence-electron chi connectivity index (χ1n) is 8.51. The van der Waals surface area contributed by atoms with Crippen LogP contribution >= 0.6 is 11.3 Å². The molecule has 5 nitrogen and oxygen atoms in total. The molecule has 0 saturated carbocycles. The number of amides is 1.